The number of hydrogen-bond donors (Lipinski definition) is 1. The molecule has 1 N–H and O–H groups in total. The summed E-state index contributed by atoms with van der Waals surface area (Å²) in [5, 5.41) is 24.4. The van der Waals surface area contributed by atoms with Crippen molar-refractivity contribution in [2.24, 2.45) is 10.2 Å². The van der Waals surface area contributed by atoms with Crippen LogP contribution in [0.15, 0.2) is 38.9 Å². The lowest BCUT2D eigenvalue weighted by molar-refractivity contribution is 0.0601. The van der Waals surface area contributed by atoms with Gasteiger partial charge >= 0.3 is 12.0 Å². The fraction of sp³-hybridized carbons (Fsp3) is 0.188. The molecule has 0 unspecified atom stereocenters. The number of H-pyrrole nitrogens is 1. The van der Waals surface area contributed by atoms with Crippen molar-refractivity contribution in [2.45, 2.75) is 13.8 Å². The normalized spacial score (nSPS) is 11.5. The Morgan fingerprint density at radius 2 is 2.00 bits per heavy atom. The Kier molecular flexibility index (Phi) is 3.95. The number of aromatic amines is 1. The highest BCUT2D eigenvalue weighted by molar-refractivity contribution is 5.99. The fourth-order valence-corrected chi connectivity index (χ4v) is 2.59. The van der Waals surface area contributed by atoms with Crippen molar-refractivity contribution in [1.29, 1.82) is 0 Å². The Bertz CT molecular complexity index is 1170. The molecule has 0 amide bonds. The van der Waals surface area contributed by atoms with Crippen molar-refractivity contribution in [3.63, 3.8) is 0 Å². The van der Waals surface area contributed by atoms with E-state index in [0.29, 0.717) is 39.9 Å². The van der Waals surface area contributed by atoms with Crippen LogP contribution in [0.25, 0.3) is 16.9 Å². The molecule has 1 aromatic carbocycles. The van der Waals surface area contributed by atoms with Crippen LogP contribution in [0.1, 0.15) is 22.1 Å². The number of ether oxygens (including phenoxy) is 1. The number of rotatable bonds is 4. The van der Waals surface area contributed by atoms with Gasteiger partial charge in [0.2, 0.25) is 5.89 Å². The minimum absolute atomic E-state index is 0.00953. The Morgan fingerprint density at radius 3 is 2.74 bits per heavy atom. The SMILES string of the molecule is COC(=O)c1ccccc1-c1nn2nc(C)[nH]c2c1/N=N/c1nnc(C)o1. The summed E-state index contributed by atoms with van der Waals surface area (Å²) in [7, 11) is 1.32. The second-order valence-electron chi connectivity index (χ2n) is 5.59. The van der Waals surface area contributed by atoms with Crippen molar-refractivity contribution < 1.29 is 13.9 Å². The van der Waals surface area contributed by atoms with Crippen molar-refractivity contribution in [1.82, 2.24) is 30.0 Å². The second kappa shape index (κ2) is 6.44. The summed E-state index contributed by atoms with van der Waals surface area (Å²) in [4.78, 5) is 15.2. The van der Waals surface area contributed by atoms with Crippen LogP contribution in [-0.4, -0.2) is 43.1 Å². The van der Waals surface area contributed by atoms with E-state index in [1.807, 2.05) is 0 Å². The van der Waals surface area contributed by atoms with Crippen LogP contribution in [0.3, 0.4) is 0 Å². The number of nitrogens with zero attached hydrogens (tertiary/aromatic N) is 7. The van der Waals surface area contributed by atoms with Crippen molar-refractivity contribution in [3.8, 4) is 11.3 Å². The smallest absolute Gasteiger partial charge is 0.361 e. The third-order valence-electron chi connectivity index (χ3n) is 3.73. The first-order valence-corrected chi connectivity index (χ1v) is 7.92. The van der Waals surface area contributed by atoms with Gasteiger partial charge in [0.1, 0.15) is 11.5 Å². The Hall–Kier alpha value is -3.89. The van der Waals surface area contributed by atoms with Crippen molar-refractivity contribution in [2.75, 3.05) is 7.11 Å². The molecular formula is C16H14N8O3. The predicted octanol–water partition coefficient (Wildman–Crippen LogP) is 2.93. The molecule has 0 aliphatic carbocycles. The van der Waals surface area contributed by atoms with Gasteiger partial charge in [-0.2, -0.15) is 0 Å². The van der Waals surface area contributed by atoms with Gasteiger partial charge < -0.3 is 14.1 Å². The van der Waals surface area contributed by atoms with Crippen LogP contribution < -0.4 is 0 Å². The molecular weight excluding hydrogens is 352 g/mol. The number of benzene rings is 1. The average Bonchev–Trinajstić information content (AvgIpc) is 3.33. The van der Waals surface area contributed by atoms with E-state index in [0.717, 1.165) is 0 Å². The summed E-state index contributed by atoms with van der Waals surface area (Å²) >= 11 is 0. The molecule has 0 aliphatic heterocycles. The number of esters is 1. The maximum absolute atomic E-state index is 12.1. The largest absolute Gasteiger partial charge is 0.465 e. The number of fused-ring (bicyclic) bond motifs is 1. The van der Waals surface area contributed by atoms with Gasteiger partial charge in [-0.05, 0) is 13.0 Å². The summed E-state index contributed by atoms with van der Waals surface area (Å²) in [6.07, 6.45) is 0. The predicted molar refractivity (Wildman–Crippen MR) is 92.1 cm³/mol. The second-order valence-corrected chi connectivity index (χ2v) is 5.59. The van der Waals surface area contributed by atoms with E-state index in [2.05, 4.69) is 35.6 Å². The zero-order chi connectivity index (χ0) is 19.0. The monoisotopic (exact) mass is 366 g/mol. The van der Waals surface area contributed by atoms with Gasteiger partial charge in [0.15, 0.2) is 11.3 Å². The highest BCUT2D eigenvalue weighted by Crippen LogP contribution is 2.35. The maximum Gasteiger partial charge on any atom is 0.361 e. The van der Waals surface area contributed by atoms with E-state index >= 15 is 0 Å². The quantitative estimate of drug-likeness (QED) is 0.433. The van der Waals surface area contributed by atoms with E-state index in [1.54, 1.807) is 38.1 Å². The number of aromatic nitrogens is 6. The molecule has 0 saturated heterocycles. The van der Waals surface area contributed by atoms with Gasteiger partial charge in [-0.15, -0.1) is 25.0 Å². The van der Waals surface area contributed by atoms with Gasteiger partial charge in [-0.3, -0.25) is 0 Å². The Balaban J connectivity index is 1.90. The number of carbonyl (C=O) groups is 1. The van der Waals surface area contributed by atoms with E-state index in [-0.39, 0.29) is 6.01 Å². The van der Waals surface area contributed by atoms with E-state index < -0.39 is 5.97 Å². The van der Waals surface area contributed by atoms with Gasteiger partial charge in [0, 0.05) is 12.5 Å². The zero-order valence-electron chi connectivity index (χ0n) is 14.7. The molecule has 0 bridgehead atoms. The van der Waals surface area contributed by atoms with Crippen LogP contribution in [-0.2, 0) is 4.74 Å². The van der Waals surface area contributed by atoms with E-state index in [1.165, 1.54) is 11.7 Å². The lowest BCUT2D eigenvalue weighted by Crippen LogP contribution is -2.03. The minimum Gasteiger partial charge on any atom is -0.465 e. The maximum atomic E-state index is 12.1. The first kappa shape index (κ1) is 16.6. The standard InChI is InChI=1S/C16H14N8O3/c1-8-17-14-13(19-21-16-20-18-9(2)27-16)12(23-24(14)22-8)10-6-4-5-7-11(10)15(25)26-3/h4-7H,1-3H3,(H,17,22)/b21-19+. The first-order valence-electron chi connectivity index (χ1n) is 7.92. The van der Waals surface area contributed by atoms with Gasteiger partial charge in [-0.25, -0.2) is 4.79 Å². The summed E-state index contributed by atoms with van der Waals surface area (Å²) in [5.74, 6) is 0.537. The molecule has 0 spiro atoms. The molecule has 4 aromatic rings. The molecule has 4 rings (SSSR count). The summed E-state index contributed by atoms with van der Waals surface area (Å²) in [6, 6.07) is 6.93. The third-order valence-corrected chi connectivity index (χ3v) is 3.73. The number of hydrogen-bond acceptors (Lipinski definition) is 9. The van der Waals surface area contributed by atoms with Crippen LogP contribution in [0.5, 0.6) is 0 Å². The van der Waals surface area contributed by atoms with Crippen LogP contribution in [0.4, 0.5) is 11.7 Å². The lowest BCUT2D eigenvalue weighted by atomic mass is 10.0. The van der Waals surface area contributed by atoms with E-state index in [4.69, 9.17) is 9.15 Å². The Morgan fingerprint density at radius 1 is 1.19 bits per heavy atom. The molecule has 11 heteroatoms. The van der Waals surface area contributed by atoms with Crippen LogP contribution >= 0.6 is 0 Å². The van der Waals surface area contributed by atoms with Gasteiger partial charge in [0.05, 0.1) is 12.7 Å². The highest BCUT2D eigenvalue weighted by atomic mass is 16.5. The molecule has 0 radical (unpaired) electrons. The third kappa shape index (κ3) is 2.94. The average molecular weight is 366 g/mol. The lowest BCUT2D eigenvalue weighted by Gasteiger charge is -2.05. The molecule has 11 nitrogen and oxygen atoms in total. The molecule has 0 atom stereocenters. The first-order chi connectivity index (χ1) is 13.1. The highest BCUT2D eigenvalue weighted by Gasteiger charge is 2.22. The zero-order valence-corrected chi connectivity index (χ0v) is 14.7. The number of azo groups is 1. The number of aryl methyl sites for hydroxylation is 2. The molecule has 0 fully saturated rings. The van der Waals surface area contributed by atoms with Gasteiger partial charge in [-0.1, -0.05) is 28.4 Å². The van der Waals surface area contributed by atoms with Crippen LogP contribution in [0, 0.1) is 13.8 Å². The fourth-order valence-electron chi connectivity index (χ4n) is 2.59. The summed E-state index contributed by atoms with van der Waals surface area (Å²) in [6.45, 7) is 3.44. The summed E-state index contributed by atoms with van der Waals surface area (Å²) in [5.41, 5.74) is 2.19. The number of carbonyl (C=O) groups excluding carboxylic acids is 1. The van der Waals surface area contributed by atoms with Crippen LogP contribution in [0.2, 0.25) is 0 Å². The van der Waals surface area contributed by atoms with Gasteiger partial charge in [0.25, 0.3) is 0 Å². The molecule has 3 aromatic heterocycles. The van der Waals surface area contributed by atoms with E-state index in [9.17, 15) is 4.79 Å². The summed E-state index contributed by atoms with van der Waals surface area (Å²) < 4.78 is 11.5. The van der Waals surface area contributed by atoms with Crippen molar-refractivity contribution >= 4 is 23.3 Å². The molecule has 27 heavy (non-hydrogen) atoms. The Labute approximate surface area is 152 Å². The molecule has 0 saturated carbocycles. The minimum atomic E-state index is -0.484. The molecule has 3 heterocycles. The molecule has 136 valence electrons. The number of nitrogens with one attached hydrogen (secondary N) is 1. The van der Waals surface area contributed by atoms with Crippen molar-refractivity contribution in [3.05, 3.63) is 41.5 Å². The number of methoxy groups -OCH3 is 1. The molecule has 0 aliphatic rings. The topological polar surface area (TPSA) is 136 Å².